The van der Waals surface area contributed by atoms with Crippen molar-refractivity contribution in [2.24, 2.45) is 4.52 Å². The summed E-state index contributed by atoms with van der Waals surface area (Å²) in [5.74, 6) is 0.595. The predicted octanol–water partition coefficient (Wildman–Crippen LogP) is 20.5. The molecular formula is C72H62N6O16P6. The Labute approximate surface area is 581 Å². The number of phenolic OH excluding ortho intramolecular Hbond substituents is 4. The van der Waals surface area contributed by atoms with Gasteiger partial charge in [-0.15, -0.1) is 0 Å². The van der Waals surface area contributed by atoms with Crippen LogP contribution in [0.25, 0.3) is 0 Å². The van der Waals surface area contributed by atoms with Gasteiger partial charge in [-0.3, -0.25) is 0 Å². The number of rotatable bonds is 24. The number of phenols is 4. The summed E-state index contributed by atoms with van der Waals surface area (Å²) in [4.78, 5) is 34.3. The molecule has 0 saturated heterocycles. The molecule has 100 heavy (non-hydrogen) atoms. The van der Waals surface area contributed by atoms with Crippen LogP contribution in [0.3, 0.4) is 0 Å². The maximum atomic E-state index is 11.3. The molecule has 0 saturated carbocycles. The minimum absolute atomic E-state index is 0.00166. The van der Waals surface area contributed by atoms with Crippen LogP contribution in [0, 0.1) is 0 Å². The molecule has 13 rings (SSSR count). The normalized spacial score (nSPS) is 17.6. The Kier molecular flexibility index (Phi) is 21.9. The third-order valence-electron chi connectivity index (χ3n) is 13.7. The van der Waals surface area contributed by atoms with Crippen LogP contribution in [0.1, 0.15) is 0 Å². The molecule has 1 aliphatic heterocycles. The molecule has 0 bridgehead atoms. The Hall–Kier alpha value is -10.4. The molecule has 0 spiro atoms. The molecule has 0 aromatic heterocycles. The standard InChI is InChI=1S/C72H62N6O16P6/c79-57-41-49-68(50-42-57)90-99(91-69-51-43-58(80)44-52-69)74-95-73-96(87-65-33-17-5-18-34-65)75(83-61-25-9-1-10-26-61)97(88-66-35-19-6-20-36-66)76(84-62-27-11-2-12-28-62)98(89-67-37-21-7-22-38-67)77(85-63-29-13-3-14-30-63)100(92-70-39-23-8-24-40-70,93-71-53-45-59(81)46-54-71,94-72-55-47-60(82)48-56-72)78(99)86-64-31-15-4-16-32-64/h1-56,73,79-82,95H. The summed E-state index contributed by atoms with van der Waals surface area (Å²) in [6.45, 7) is 0. The van der Waals surface area contributed by atoms with Crippen LogP contribution in [0.2, 0.25) is 0 Å². The van der Waals surface area contributed by atoms with Crippen LogP contribution >= 0.6 is 49.5 Å². The second kappa shape index (κ2) is 32.1. The first-order chi connectivity index (χ1) is 49.0. The van der Waals surface area contributed by atoms with Gasteiger partial charge in [0.05, 0.1) is 0 Å². The Balaban J connectivity index is 1.29. The first kappa shape index (κ1) is 68.2. The average molecular weight is 1450 g/mol. The van der Waals surface area contributed by atoms with E-state index in [1.165, 1.54) is 111 Å². The molecule has 0 amide bonds. The van der Waals surface area contributed by atoms with Gasteiger partial charge in [0.15, 0.2) is 0 Å². The van der Waals surface area contributed by atoms with Crippen molar-refractivity contribution >= 4 is 49.5 Å². The van der Waals surface area contributed by atoms with Gasteiger partial charge in [-0.1, -0.05) is 0 Å². The van der Waals surface area contributed by atoms with E-state index in [1.807, 2.05) is 66.7 Å². The van der Waals surface area contributed by atoms with Crippen molar-refractivity contribution in [2.75, 3.05) is 0 Å². The van der Waals surface area contributed by atoms with Gasteiger partial charge >= 0.3 is 585 Å². The van der Waals surface area contributed by atoms with E-state index in [1.54, 1.807) is 176 Å². The van der Waals surface area contributed by atoms with Crippen LogP contribution in [-0.4, -0.2) is 38.8 Å². The van der Waals surface area contributed by atoms with Crippen molar-refractivity contribution in [2.45, 2.75) is 0 Å². The number of nitrogens with one attached hydrogen (secondary N) is 1. The van der Waals surface area contributed by atoms with Crippen LogP contribution in [0.4, 0.5) is 0 Å². The van der Waals surface area contributed by atoms with Crippen molar-refractivity contribution in [1.82, 2.24) is 23.3 Å². The van der Waals surface area contributed by atoms with Crippen molar-refractivity contribution in [3.8, 4) is 92.0 Å². The summed E-state index contributed by atoms with van der Waals surface area (Å²) >= 11 is 0. The molecule has 0 radical (unpaired) electrons. The number of benzene rings is 12. The summed E-state index contributed by atoms with van der Waals surface area (Å²) in [5, 5.41) is 44.9. The van der Waals surface area contributed by atoms with Gasteiger partial charge in [0.25, 0.3) is 0 Å². The molecular weight excluding hydrogens is 1390 g/mol. The molecule has 1 heterocycles. The monoisotopic (exact) mass is 1450 g/mol. The zero-order chi connectivity index (χ0) is 68.4. The predicted molar refractivity (Wildman–Crippen MR) is 387 cm³/mol. The van der Waals surface area contributed by atoms with Crippen LogP contribution in [0.5, 0.6) is 92.0 Å². The first-order valence-corrected chi connectivity index (χ1v) is 38.5. The molecule has 4 unspecified atom stereocenters. The molecule has 4 atom stereocenters. The fraction of sp³-hybridized carbons (Fsp3) is 0. The van der Waals surface area contributed by atoms with Crippen LogP contribution in [-0.2, 0) is 0 Å². The van der Waals surface area contributed by atoms with Gasteiger partial charge in [-0.05, 0) is 0 Å². The van der Waals surface area contributed by atoms with Crippen LogP contribution in [0.15, 0.2) is 344 Å². The molecule has 506 valence electrons. The quantitative estimate of drug-likeness (QED) is 0.0354. The van der Waals surface area contributed by atoms with E-state index in [2.05, 4.69) is 4.86 Å². The molecule has 1 aliphatic rings. The van der Waals surface area contributed by atoms with Gasteiger partial charge in [0, 0.05) is 0 Å². The van der Waals surface area contributed by atoms with Crippen LogP contribution < -0.4 is 60.4 Å². The van der Waals surface area contributed by atoms with Crippen molar-refractivity contribution in [3.63, 3.8) is 0 Å². The molecule has 28 heteroatoms. The molecule has 22 nitrogen and oxygen atoms in total. The average Bonchev–Trinajstić information content (AvgIpc) is 0.680. The number of hydrogen-bond donors (Lipinski definition) is 5. The van der Waals surface area contributed by atoms with Gasteiger partial charge in [0.1, 0.15) is 0 Å². The number of hydrogen-bond acceptors (Lipinski definition) is 22. The summed E-state index contributed by atoms with van der Waals surface area (Å²) in [6.07, 6.45) is 0. The topological polar surface area (TPSA) is 229 Å². The summed E-state index contributed by atoms with van der Waals surface area (Å²) in [6, 6.07) is 93.3. The Morgan fingerprint density at radius 3 is 0.970 bits per heavy atom. The van der Waals surface area contributed by atoms with E-state index in [0.29, 0.717) is 17.2 Å². The number of nitrogens with zero attached hydrogens (tertiary/aromatic N) is 5. The third-order valence-corrected chi connectivity index (χ3v) is 28.4. The van der Waals surface area contributed by atoms with Gasteiger partial charge < -0.3 is 0 Å². The van der Waals surface area contributed by atoms with E-state index in [-0.39, 0.29) is 74.7 Å². The first-order valence-electron chi connectivity index (χ1n) is 30.6. The van der Waals surface area contributed by atoms with E-state index in [4.69, 9.17) is 60.1 Å². The Morgan fingerprint density at radius 2 is 0.590 bits per heavy atom. The molecule has 12 aromatic carbocycles. The Morgan fingerprint density at radius 1 is 0.300 bits per heavy atom. The second-order valence-corrected chi connectivity index (χ2v) is 32.7. The number of aromatic hydroxyl groups is 4. The number of para-hydroxylation sites is 8. The molecule has 5 N–H and O–H groups in total. The third kappa shape index (κ3) is 16.7. The minimum atomic E-state index is -7.23. The SMILES string of the molecule is Oc1ccc(OP2(Oc3ccc(O)cc3)=NPNP(Oc3ccccc3)N(Oc3ccccc3)P(Oc3ccccc3)N(Oc3ccccc3)P(Oc3ccccc3)N(Oc3ccccc3)P(Oc3ccccc3)(Oc3ccc(O)cc3)(Oc3ccc(O)cc3)N2Oc2ccccc2)cc1. The summed E-state index contributed by atoms with van der Waals surface area (Å²) in [5.41, 5.74) is 0. The zero-order valence-electron chi connectivity index (χ0n) is 52.5. The van der Waals surface area contributed by atoms with E-state index >= 15 is 0 Å². The van der Waals surface area contributed by atoms with Gasteiger partial charge in [-0.2, -0.15) is 0 Å². The van der Waals surface area contributed by atoms with E-state index in [0.717, 1.165) is 4.60 Å². The second-order valence-electron chi connectivity index (χ2n) is 21.0. The van der Waals surface area contributed by atoms with E-state index < -0.39 is 49.5 Å². The van der Waals surface area contributed by atoms with Crippen molar-refractivity contribution in [3.05, 3.63) is 340 Å². The molecule has 12 aromatic rings. The summed E-state index contributed by atoms with van der Waals surface area (Å²) in [7, 11) is -22.5. The fourth-order valence-corrected chi connectivity index (χ4v) is 25.6. The molecule has 0 fully saturated rings. The molecule has 0 aliphatic carbocycles. The fourth-order valence-electron chi connectivity index (χ4n) is 9.17. The van der Waals surface area contributed by atoms with Gasteiger partial charge in [-0.25, -0.2) is 0 Å². The van der Waals surface area contributed by atoms with E-state index in [9.17, 15) is 20.4 Å². The Bertz CT molecular complexity index is 4470. The van der Waals surface area contributed by atoms with Crippen molar-refractivity contribution in [1.29, 1.82) is 0 Å². The maximum absolute atomic E-state index is 11.3. The summed E-state index contributed by atoms with van der Waals surface area (Å²) < 4.78 is 73.6. The van der Waals surface area contributed by atoms with Crippen molar-refractivity contribution < 1.29 is 76.0 Å². The van der Waals surface area contributed by atoms with Gasteiger partial charge in [0.2, 0.25) is 0 Å². The zero-order valence-corrected chi connectivity index (χ0v) is 58.0.